The third-order valence-corrected chi connectivity index (χ3v) is 4.92. The minimum atomic E-state index is -0.0870. The largest absolute Gasteiger partial charge is 0.490 e. The van der Waals surface area contributed by atoms with Crippen LogP contribution in [0.5, 0.6) is 5.75 Å². The van der Waals surface area contributed by atoms with Crippen LogP contribution < -0.4 is 15.0 Å². The maximum absolute atomic E-state index is 11.8. The summed E-state index contributed by atoms with van der Waals surface area (Å²) >= 11 is 0. The number of amides is 1. The van der Waals surface area contributed by atoms with E-state index in [1.807, 2.05) is 19.1 Å². The first-order valence-electron chi connectivity index (χ1n) is 8.90. The number of nitrogens with zero attached hydrogens (tertiary/aromatic N) is 3. The van der Waals surface area contributed by atoms with Crippen molar-refractivity contribution < 1.29 is 14.6 Å². The van der Waals surface area contributed by atoms with Crippen molar-refractivity contribution in [2.24, 2.45) is 0 Å². The van der Waals surface area contributed by atoms with Crippen LogP contribution in [-0.2, 0) is 13.2 Å². The van der Waals surface area contributed by atoms with Crippen LogP contribution in [0.2, 0.25) is 0 Å². The van der Waals surface area contributed by atoms with E-state index in [1.165, 1.54) is 0 Å². The Morgan fingerprint density at radius 1 is 1.35 bits per heavy atom. The Morgan fingerprint density at radius 2 is 2.15 bits per heavy atom. The van der Waals surface area contributed by atoms with E-state index in [4.69, 9.17) is 9.72 Å². The third-order valence-electron chi connectivity index (χ3n) is 4.92. The zero-order valence-electron chi connectivity index (χ0n) is 14.7. The number of carbonyl (C=O) groups excluding carboxylic acids is 1. The van der Waals surface area contributed by atoms with E-state index in [9.17, 15) is 9.90 Å². The Morgan fingerprint density at radius 3 is 2.92 bits per heavy atom. The van der Waals surface area contributed by atoms with Crippen molar-refractivity contribution in [2.45, 2.75) is 39.0 Å². The van der Waals surface area contributed by atoms with Crippen molar-refractivity contribution in [2.75, 3.05) is 18.0 Å². The fraction of sp³-hybridized carbons (Fsp3) is 0.421. The molecule has 4 rings (SSSR count). The van der Waals surface area contributed by atoms with E-state index in [1.54, 1.807) is 12.3 Å². The third kappa shape index (κ3) is 3.22. The number of piperidine rings is 1. The van der Waals surface area contributed by atoms with Gasteiger partial charge in [-0.25, -0.2) is 4.98 Å². The molecule has 2 N–H and O–H groups in total. The summed E-state index contributed by atoms with van der Waals surface area (Å²) in [5, 5.41) is 12.0. The molecule has 0 unspecified atom stereocenters. The maximum atomic E-state index is 11.8. The molecule has 4 heterocycles. The van der Waals surface area contributed by atoms with Gasteiger partial charge in [0, 0.05) is 38.2 Å². The lowest BCUT2D eigenvalue weighted by Crippen LogP contribution is -2.39. The second kappa shape index (κ2) is 6.92. The number of anilines is 1. The van der Waals surface area contributed by atoms with E-state index in [2.05, 4.69) is 15.2 Å². The highest BCUT2D eigenvalue weighted by atomic mass is 16.5. The smallest absolute Gasteiger partial charge is 0.253 e. The minimum absolute atomic E-state index is 0.0335. The molecular weight excluding hydrogens is 332 g/mol. The van der Waals surface area contributed by atoms with Crippen molar-refractivity contribution in [3.05, 3.63) is 46.9 Å². The molecular formula is C19H22N4O3. The van der Waals surface area contributed by atoms with Crippen molar-refractivity contribution in [1.29, 1.82) is 0 Å². The van der Waals surface area contributed by atoms with Gasteiger partial charge >= 0.3 is 0 Å². The molecule has 0 radical (unpaired) electrons. The molecule has 0 aliphatic carbocycles. The molecule has 2 aromatic heterocycles. The number of aliphatic hydroxyl groups is 1. The van der Waals surface area contributed by atoms with Gasteiger partial charge in [0.05, 0.1) is 30.1 Å². The second-order valence-electron chi connectivity index (χ2n) is 6.75. The van der Waals surface area contributed by atoms with Gasteiger partial charge in [-0.2, -0.15) is 0 Å². The monoisotopic (exact) mass is 354 g/mol. The lowest BCUT2D eigenvalue weighted by Gasteiger charge is -2.34. The van der Waals surface area contributed by atoms with Gasteiger partial charge in [-0.05, 0) is 24.6 Å². The van der Waals surface area contributed by atoms with Crippen LogP contribution in [0.3, 0.4) is 0 Å². The molecule has 0 spiro atoms. The van der Waals surface area contributed by atoms with Crippen LogP contribution in [0, 0.1) is 6.92 Å². The van der Waals surface area contributed by atoms with Gasteiger partial charge in [0.15, 0.2) is 0 Å². The molecule has 7 heteroatoms. The molecule has 7 nitrogen and oxygen atoms in total. The van der Waals surface area contributed by atoms with Gasteiger partial charge in [-0.1, -0.05) is 0 Å². The lowest BCUT2D eigenvalue weighted by molar-refractivity contribution is 0.0965. The number of nitrogens with one attached hydrogen (secondary N) is 1. The van der Waals surface area contributed by atoms with Crippen molar-refractivity contribution in [1.82, 2.24) is 15.3 Å². The summed E-state index contributed by atoms with van der Waals surface area (Å²) in [6.45, 7) is 4.14. The van der Waals surface area contributed by atoms with Gasteiger partial charge in [0.25, 0.3) is 5.91 Å². The highest BCUT2D eigenvalue weighted by Gasteiger charge is 2.26. The first-order chi connectivity index (χ1) is 12.6. The highest BCUT2D eigenvalue weighted by Crippen LogP contribution is 2.27. The number of aliphatic hydroxyl groups excluding tert-OH is 1. The fourth-order valence-corrected chi connectivity index (χ4v) is 3.55. The van der Waals surface area contributed by atoms with Gasteiger partial charge in [-0.15, -0.1) is 0 Å². The van der Waals surface area contributed by atoms with Gasteiger partial charge in [-0.3, -0.25) is 9.78 Å². The molecule has 2 aliphatic rings. The lowest BCUT2D eigenvalue weighted by atomic mass is 10.1. The van der Waals surface area contributed by atoms with E-state index >= 15 is 0 Å². The van der Waals surface area contributed by atoms with Crippen LogP contribution in [0.1, 0.15) is 40.2 Å². The topological polar surface area (TPSA) is 87.6 Å². The zero-order chi connectivity index (χ0) is 18.1. The fourth-order valence-electron chi connectivity index (χ4n) is 3.55. The summed E-state index contributed by atoms with van der Waals surface area (Å²) in [6, 6.07) is 5.54. The number of fused-ring (bicyclic) bond motifs is 1. The number of hydrogen-bond donors (Lipinski definition) is 2. The normalized spacial score (nSPS) is 17.2. The molecule has 0 saturated carbocycles. The zero-order valence-corrected chi connectivity index (χ0v) is 14.7. The number of hydrogen-bond acceptors (Lipinski definition) is 6. The molecule has 136 valence electrons. The van der Waals surface area contributed by atoms with E-state index in [0.717, 1.165) is 48.8 Å². The molecule has 0 bridgehead atoms. The molecule has 2 aliphatic heterocycles. The van der Waals surface area contributed by atoms with Crippen LogP contribution >= 0.6 is 0 Å². The Kier molecular flexibility index (Phi) is 4.46. The number of ether oxygens (including phenoxy) is 1. The number of rotatable bonds is 4. The number of carbonyl (C=O) groups is 1. The minimum Gasteiger partial charge on any atom is -0.490 e. The summed E-state index contributed by atoms with van der Waals surface area (Å²) in [5.41, 5.74) is 3.17. The van der Waals surface area contributed by atoms with E-state index in [0.29, 0.717) is 17.8 Å². The molecule has 0 aromatic carbocycles. The predicted molar refractivity (Wildman–Crippen MR) is 96.2 cm³/mol. The van der Waals surface area contributed by atoms with Crippen molar-refractivity contribution in [3.63, 3.8) is 0 Å². The van der Waals surface area contributed by atoms with Crippen LogP contribution in [0.25, 0.3) is 0 Å². The number of pyridine rings is 2. The summed E-state index contributed by atoms with van der Waals surface area (Å²) in [5.74, 6) is 1.68. The van der Waals surface area contributed by atoms with Gasteiger partial charge < -0.3 is 20.1 Å². The predicted octanol–water partition coefficient (Wildman–Crippen LogP) is 1.57. The summed E-state index contributed by atoms with van der Waals surface area (Å²) in [4.78, 5) is 22.8. The molecule has 0 atom stereocenters. The van der Waals surface area contributed by atoms with E-state index in [-0.39, 0.29) is 18.6 Å². The van der Waals surface area contributed by atoms with Crippen LogP contribution in [0.15, 0.2) is 24.4 Å². The summed E-state index contributed by atoms with van der Waals surface area (Å²) in [6.07, 6.45) is 3.58. The number of aryl methyl sites for hydroxylation is 1. The Hall–Kier alpha value is -2.67. The summed E-state index contributed by atoms with van der Waals surface area (Å²) < 4.78 is 6.05. The molecule has 1 amide bonds. The van der Waals surface area contributed by atoms with E-state index < -0.39 is 0 Å². The molecule has 1 fully saturated rings. The van der Waals surface area contributed by atoms with Crippen molar-refractivity contribution >= 4 is 11.7 Å². The van der Waals surface area contributed by atoms with Crippen LogP contribution in [-0.4, -0.2) is 40.2 Å². The van der Waals surface area contributed by atoms with Gasteiger partial charge in [0.2, 0.25) is 0 Å². The number of aromatic nitrogens is 2. The van der Waals surface area contributed by atoms with Crippen LogP contribution in [0.4, 0.5) is 5.82 Å². The maximum Gasteiger partial charge on any atom is 0.253 e. The Balaban J connectivity index is 1.41. The standard InChI is InChI=1S/C19H22N4O3/c1-12-8-16-17(10-21-19(16)25)22-18(12)23-6-3-14(4-7-23)26-15-2-5-20-13(9-15)11-24/h2,5,8-9,14,24H,3-4,6-7,10-11H2,1H3,(H,21,25). The second-order valence-corrected chi connectivity index (χ2v) is 6.75. The summed E-state index contributed by atoms with van der Waals surface area (Å²) in [7, 11) is 0. The van der Waals surface area contributed by atoms with Gasteiger partial charge in [0.1, 0.15) is 17.7 Å². The molecule has 26 heavy (non-hydrogen) atoms. The molecule has 1 saturated heterocycles. The van der Waals surface area contributed by atoms with Crippen molar-refractivity contribution in [3.8, 4) is 5.75 Å². The molecule has 2 aromatic rings. The Labute approximate surface area is 152 Å². The quantitative estimate of drug-likeness (QED) is 0.867. The highest BCUT2D eigenvalue weighted by molar-refractivity contribution is 5.98. The Bertz CT molecular complexity index is 832. The average molecular weight is 354 g/mol. The average Bonchev–Trinajstić information content (AvgIpc) is 3.02. The first kappa shape index (κ1) is 16.8. The first-order valence-corrected chi connectivity index (χ1v) is 8.90. The SMILES string of the molecule is Cc1cc2c(nc1N1CCC(Oc3ccnc(CO)c3)CC1)CNC2=O.